The number of carbonyl (C=O) groups is 1. The molecule has 3 rings (SSSR count). The molecule has 1 atom stereocenters. The van der Waals surface area contributed by atoms with Crippen molar-refractivity contribution in [2.75, 3.05) is 20.3 Å². The van der Waals surface area contributed by atoms with Crippen molar-refractivity contribution in [3.05, 3.63) is 65.5 Å². The van der Waals surface area contributed by atoms with Gasteiger partial charge in [0.05, 0.1) is 11.7 Å². The molecule has 25 heavy (non-hydrogen) atoms. The molecule has 0 N–H and O–H groups in total. The Bertz CT molecular complexity index is 728. The van der Waals surface area contributed by atoms with Gasteiger partial charge in [-0.1, -0.05) is 24.3 Å². The Balaban J connectivity index is 1.68. The smallest absolute Gasteiger partial charge is 0.257 e. The quantitative estimate of drug-likeness (QED) is 0.803. The Labute approximate surface area is 147 Å². The molecule has 1 amide bonds. The number of ether oxygens (including phenoxy) is 2. The van der Waals surface area contributed by atoms with E-state index in [1.165, 1.54) is 12.1 Å². The summed E-state index contributed by atoms with van der Waals surface area (Å²) in [5.74, 6) is 0.0833. The Hall–Kier alpha value is -2.40. The van der Waals surface area contributed by atoms with Gasteiger partial charge in [0.15, 0.2) is 0 Å². The summed E-state index contributed by atoms with van der Waals surface area (Å²) in [6, 6.07) is 13.4. The molecule has 132 valence electrons. The van der Waals surface area contributed by atoms with Crippen molar-refractivity contribution in [3.8, 4) is 5.75 Å². The summed E-state index contributed by atoms with van der Waals surface area (Å²) in [4.78, 5) is 14.3. The van der Waals surface area contributed by atoms with Crippen LogP contribution in [0.15, 0.2) is 48.5 Å². The molecule has 1 saturated heterocycles. The van der Waals surface area contributed by atoms with Crippen molar-refractivity contribution < 1.29 is 18.7 Å². The molecule has 1 heterocycles. The first-order chi connectivity index (χ1) is 12.1. The number of carbonyl (C=O) groups excluding carboxylic acids is 1. The highest BCUT2D eigenvalue weighted by atomic mass is 19.1. The van der Waals surface area contributed by atoms with E-state index in [0.717, 1.165) is 25.0 Å². The van der Waals surface area contributed by atoms with E-state index in [1.807, 2.05) is 12.1 Å². The molecule has 2 aromatic rings. The molecule has 0 bridgehead atoms. The molecule has 0 radical (unpaired) electrons. The van der Waals surface area contributed by atoms with Crippen LogP contribution in [0, 0.1) is 5.82 Å². The Morgan fingerprint density at radius 1 is 1.28 bits per heavy atom. The second-order valence-corrected chi connectivity index (χ2v) is 6.23. The van der Waals surface area contributed by atoms with Gasteiger partial charge in [0, 0.05) is 20.2 Å². The number of nitrogens with zero attached hydrogens (tertiary/aromatic N) is 1. The predicted octanol–water partition coefficient (Wildman–Crippen LogP) is 3.66. The zero-order valence-corrected chi connectivity index (χ0v) is 14.3. The average Bonchev–Trinajstić information content (AvgIpc) is 3.13. The van der Waals surface area contributed by atoms with Gasteiger partial charge < -0.3 is 14.4 Å². The summed E-state index contributed by atoms with van der Waals surface area (Å²) in [6.07, 6.45) is 2.12. The van der Waals surface area contributed by atoms with Gasteiger partial charge in [0.25, 0.3) is 5.91 Å². The lowest BCUT2D eigenvalue weighted by molar-refractivity contribution is 0.0656. The second-order valence-electron chi connectivity index (χ2n) is 6.23. The van der Waals surface area contributed by atoms with Gasteiger partial charge in [-0.15, -0.1) is 0 Å². The van der Waals surface area contributed by atoms with Gasteiger partial charge >= 0.3 is 0 Å². The molecule has 1 aliphatic heterocycles. The van der Waals surface area contributed by atoms with E-state index in [9.17, 15) is 9.18 Å². The highest BCUT2D eigenvalue weighted by Gasteiger charge is 2.20. The molecule has 1 unspecified atom stereocenters. The van der Waals surface area contributed by atoms with E-state index in [1.54, 1.807) is 36.2 Å². The molecule has 0 aliphatic carbocycles. The van der Waals surface area contributed by atoms with Crippen LogP contribution in [0.5, 0.6) is 5.75 Å². The summed E-state index contributed by atoms with van der Waals surface area (Å²) in [5, 5.41) is 0. The van der Waals surface area contributed by atoms with Crippen molar-refractivity contribution in [3.63, 3.8) is 0 Å². The van der Waals surface area contributed by atoms with Crippen LogP contribution >= 0.6 is 0 Å². The highest BCUT2D eigenvalue weighted by Crippen LogP contribution is 2.22. The third-order valence-electron chi connectivity index (χ3n) is 4.22. The van der Waals surface area contributed by atoms with Crippen LogP contribution in [-0.4, -0.2) is 37.2 Å². The van der Waals surface area contributed by atoms with Crippen LogP contribution in [0.4, 0.5) is 4.39 Å². The minimum absolute atomic E-state index is 0.0909. The van der Waals surface area contributed by atoms with Gasteiger partial charge in [-0.25, -0.2) is 4.39 Å². The first-order valence-corrected chi connectivity index (χ1v) is 8.47. The van der Waals surface area contributed by atoms with Gasteiger partial charge in [-0.2, -0.15) is 0 Å². The number of hydrogen-bond donors (Lipinski definition) is 0. The maximum Gasteiger partial charge on any atom is 0.257 e. The maximum atomic E-state index is 13.3. The van der Waals surface area contributed by atoms with Crippen LogP contribution in [0.25, 0.3) is 0 Å². The molecule has 2 aromatic carbocycles. The Morgan fingerprint density at radius 2 is 2.12 bits per heavy atom. The standard InChI is InChI=1S/C20H22FNO3/c1-22(13-15-6-4-7-16(21)12-15)20(23)18-9-2-3-10-19(18)25-14-17-8-5-11-24-17/h2-4,6-7,9-10,12,17H,5,8,11,13-14H2,1H3. The largest absolute Gasteiger partial charge is 0.490 e. The SMILES string of the molecule is CN(Cc1cccc(F)c1)C(=O)c1ccccc1OCC1CCCO1. The first kappa shape index (κ1) is 17.4. The summed E-state index contributed by atoms with van der Waals surface area (Å²) in [6.45, 7) is 1.54. The number of halogens is 1. The lowest BCUT2D eigenvalue weighted by atomic mass is 10.1. The van der Waals surface area contributed by atoms with Crippen LogP contribution < -0.4 is 4.74 Å². The Kier molecular flexibility index (Phi) is 5.66. The summed E-state index contributed by atoms with van der Waals surface area (Å²) in [7, 11) is 1.70. The Morgan fingerprint density at radius 3 is 2.88 bits per heavy atom. The monoisotopic (exact) mass is 343 g/mol. The molecule has 4 nitrogen and oxygen atoms in total. The van der Waals surface area contributed by atoms with Gasteiger partial charge in [-0.05, 0) is 42.7 Å². The maximum absolute atomic E-state index is 13.3. The van der Waals surface area contributed by atoms with Crippen molar-refractivity contribution in [1.29, 1.82) is 0 Å². The molecule has 1 aliphatic rings. The van der Waals surface area contributed by atoms with Gasteiger partial charge in [0.2, 0.25) is 0 Å². The summed E-state index contributed by atoms with van der Waals surface area (Å²) >= 11 is 0. The molecule has 0 saturated carbocycles. The topological polar surface area (TPSA) is 38.8 Å². The zero-order chi connectivity index (χ0) is 17.6. The van der Waals surface area contributed by atoms with E-state index in [-0.39, 0.29) is 17.8 Å². The fourth-order valence-corrected chi connectivity index (χ4v) is 2.91. The van der Waals surface area contributed by atoms with E-state index < -0.39 is 0 Å². The number of para-hydroxylation sites is 1. The highest BCUT2D eigenvalue weighted by molar-refractivity contribution is 5.96. The van der Waals surface area contributed by atoms with Gasteiger partial charge in [-0.3, -0.25) is 4.79 Å². The molecule has 5 heteroatoms. The minimum Gasteiger partial charge on any atom is -0.490 e. The zero-order valence-electron chi connectivity index (χ0n) is 14.3. The fraction of sp³-hybridized carbons (Fsp3) is 0.350. The van der Waals surface area contributed by atoms with Crippen molar-refractivity contribution in [1.82, 2.24) is 4.90 Å². The molecule has 0 spiro atoms. The molecule has 0 aromatic heterocycles. The first-order valence-electron chi connectivity index (χ1n) is 8.47. The minimum atomic E-state index is -0.307. The van der Waals surface area contributed by atoms with Crippen LogP contribution in [0.2, 0.25) is 0 Å². The van der Waals surface area contributed by atoms with E-state index in [4.69, 9.17) is 9.47 Å². The third kappa shape index (κ3) is 4.57. The normalized spacial score (nSPS) is 16.6. The van der Waals surface area contributed by atoms with Crippen molar-refractivity contribution in [2.45, 2.75) is 25.5 Å². The van der Waals surface area contributed by atoms with E-state index in [0.29, 0.717) is 24.5 Å². The third-order valence-corrected chi connectivity index (χ3v) is 4.22. The average molecular weight is 343 g/mol. The van der Waals surface area contributed by atoms with Crippen LogP contribution in [0.1, 0.15) is 28.8 Å². The fourth-order valence-electron chi connectivity index (χ4n) is 2.91. The van der Waals surface area contributed by atoms with Crippen LogP contribution in [-0.2, 0) is 11.3 Å². The molecular weight excluding hydrogens is 321 g/mol. The number of benzene rings is 2. The number of amides is 1. The summed E-state index contributed by atoms with van der Waals surface area (Å²) in [5.41, 5.74) is 1.24. The van der Waals surface area contributed by atoms with Crippen LogP contribution in [0.3, 0.4) is 0 Å². The van der Waals surface area contributed by atoms with E-state index >= 15 is 0 Å². The van der Waals surface area contributed by atoms with Gasteiger partial charge in [0.1, 0.15) is 18.2 Å². The lowest BCUT2D eigenvalue weighted by Gasteiger charge is -2.20. The lowest BCUT2D eigenvalue weighted by Crippen LogP contribution is -2.27. The molecular formula is C20H22FNO3. The second kappa shape index (κ2) is 8.12. The number of hydrogen-bond acceptors (Lipinski definition) is 3. The number of rotatable bonds is 6. The van der Waals surface area contributed by atoms with Crippen molar-refractivity contribution >= 4 is 5.91 Å². The predicted molar refractivity (Wildman–Crippen MR) is 93.1 cm³/mol. The van der Waals surface area contributed by atoms with Crippen molar-refractivity contribution in [2.24, 2.45) is 0 Å². The summed E-state index contributed by atoms with van der Waals surface area (Å²) < 4.78 is 24.7. The molecule has 1 fully saturated rings. The van der Waals surface area contributed by atoms with E-state index in [2.05, 4.69) is 0 Å².